The molecule has 7 atom stereocenters. The molecule has 0 aromatic rings. The molecule has 0 bridgehead atoms. The van der Waals surface area contributed by atoms with E-state index in [9.17, 15) is 9.46 Å². The Kier molecular flexibility index (Phi) is 5.90. The molecule has 0 aromatic heterocycles. The molecule has 7 unspecified atom stereocenters. The van der Waals surface area contributed by atoms with Gasteiger partial charge in [-0.15, -0.1) is 0 Å². The van der Waals surface area contributed by atoms with Crippen molar-refractivity contribution >= 4 is 23.5 Å². The van der Waals surface area contributed by atoms with Gasteiger partial charge in [0.25, 0.3) is 0 Å². The molecule has 0 spiro atoms. The van der Waals surface area contributed by atoms with Crippen molar-refractivity contribution in [2.24, 2.45) is 0 Å². The van der Waals surface area contributed by atoms with Gasteiger partial charge >= 0.3 is 7.82 Å². The minimum absolute atomic E-state index is 0.179. The Morgan fingerprint density at radius 3 is 2.14 bits per heavy atom. The molecule has 0 saturated carbocycles. The molecule has 0 aromatic carbocycles. The van der Waals surface area contributed by atoms with Crippen LogP contribution in [-0.2, 0) is 32.6 Å². The zero-order valence-corrected chi connectivity index (χ0v) is 13.5. The lowest BCUT2D eigenvalue weighted by atomic mass is 9.94. The molecule has 0 amide bonds. The van der Waals surface area contributed by atoms with Crippen LogP contribution >= 0.6 is 7.82 Å². The number of hydrogen-bond acceptors (Lipinski definition) is 7. The summed E-state index contributed by atoms with van der Waals surface area (Å²) < 4.78 is 43.8. The zero-order valence-electron chi connectivity index (χ0n) is 12.6. The van der Waals surface area contributed by atoms with Crippen LogP contribution in [0.4, 0.5) is 0 Å². The number of ether oxygens (including phenoxy) is 4. The van der Waals surface area contributed by atoms with Crippen LogP contribution in [0.15, 0.2) is 0 Å². The van der Waals surface area contributed by atoms with Crippen molar-refractivity contribution in [1.82, 2.24) is 0 Å². The van der Waals surface area contributed by atoms with Gasteiger partial charge in [0.15, 0.2) is 0 Å². The van der Waals surface area contributed by atoms with Crippen molar-refractivity contribution in [1.29, 1.82) is 0 Å². The monoisotopic (exact) mass is 322 g/mol. The third-order valence-electron chi connectivity index (χ3n) is 3.80. The molecule has 2 aliphatic rings. The fourth-order valence-electron chi connectivity index (χ4n) is 2.62. The highest BCUT2D eigenvalue weighted by atomic mass is 31.2. The second-order valence-corrected chi connectivity index (χ2v) is 6.59. The maximum Gasteiger partial charge on any atom is 0.473 e. The van der Waals surface area contributed by atoms with Crippen molar-refractivity contribution in [3.63, 3.8) is 0 Å². The highest BCUT2D eigenvalue weighted by Crippen LogP contribution is 2.49. The van der Waals surface area contributed by atoms with Crippen molar-refractivity contribution in [3.05, 3.63) is 0 Å². The lowest BCUT2D eigenvalue weighted by Gasteiger charge is -2.26. The highest BCUT2D eigenvalue weighted by Gasteiger charge is 2.45. The minimum atomic E-state index is -4.28. The first kappa shape index (κ1) is 17.4. The second kappa shape index (κ2) is 7.10. The second-order valence-electron chi connectivity index (χ2n) is 5.23. The summed E-state index contributed by atoms with van der Waals surface area (Å²) in [5, 5.41) is 0. The van der Waals surface area contributed by atoms with Gasteiger partial charge in [-0.1, -0.05) is 0 Å². The maximum atomic E-state index is 12.2. The van der Waals surface area contributed by atoms with Crippen LogP contribution in [0.3, 0.4) is 0 Å². The van der Waals surface area contributed by atoms with Crippen molar-refractivity contribution in [2.45, 2.75) is 36.4 Å². The zero-order chi connectivity index (χ0) is 15.6. The number of methoxy groups -OCH3 is 2. The van der Waals surface area contributed by atoms with E-state index in [1.807, 2.05) is 7.85 Å². The Morgan fingerprint density at radius 2 is 1.57 bits per heavy atom. The molecule has 0 aliphatic carbocycles. The molecule has 2 heterocycles. The lowest BCUT2D eigenvalue weighted by molar-refractivity contribution is -0.0200. The summed E-state index contributed by atoms with van der Waals surface area (Å²) in [5.74, 6) is 0. The molecule has 8 nitrogen and oxygen atoms in total. The average Bonchev–Trinajstić information content (AvgIpc) is 2.93. The van der Waals surface area contributed by atoms with E-state index in [-0.39, 0.29) is 18.6 Å². The van der Waals surface area contributed by atoms with E-state index >= 15 is 0 Å². The molecular formula is C10H21B2O8P. The summed E-state index contributed by atoms with van der Waals surface area (Å²) in [7, 11) is 2.29. The molecule has 2 aliphatic heterocycles. The molecule has 1 N–H and O–H groups in total. The highest BCUT2D eigenvalue weighted by molar-refractivity contribution is 7.47. The first-order valence-corrected chi connectivity index (χ1v) is 8.36. The Bertz CT molecular complexity index is 399. The third kappa shape index (κ3) is 4.09. The van der Waals surface area contributed by atoms with Crippen LogP contribution in [0.1, 0.15) is 0 Å². The largest absolute Gasteiger partial charge is 0.473 e. The van der Waals surface area contributed by atoms with Crippen LogP contribution in [-0.4, -0.2) is 84.4 Å². The van der Waals surface area contributed by atoms with E-state index in [1.165, 1.54) is 14.2 Å². The fourth-order valence-corrected chi connectivity index (χ4v) is 3.80. The molecule has 120 valence electrons. The quantitative estimate of drug-likeness (QED) is 0.438. The third-order valence-corrected chi connectivity index (χ3v) is 4.85. The van der Waals surface area contributed by atoms with Crippen LogP contribution in [0, 0.1) is 0 Å². The van der Waals surface area contributed by atoms with Gasteiger partial charge in [-0.25, -0.2) is 4.57 Å². The minimum Gasteiger partial charge on any atom is -0.382 e. The van der Waals surface area contributed by atoms with Gasteiger partial charge in [0.2, 0.25) is 0 Å². The summed E-state index contributed by atoms with van der Waals surface area (Å²) in [6.45, 7) is 0.491. The smallest absolute Gasteiger partial charge is 0.382 e. The predicted molar refractivity (Wildman–Crippen MR) is 77.7 cm³/mol. The molecule has 2 saturated heterocycles. The standard InChI is InChI=1S/C10H21B2O8P/c1-15-5-3-17-10(12)8(5)20-21(13,14)19-6-4-18-9(11)7(6)16-2/h5-10H,3-4,11-12H2,1-2H3,(H,13,14). The SMILES string of the molecule is BC1OCC(OP(=O)(O)OC2C(B)OCC2OC)C1OC. The van der Waals surface area contributed by atoms with Gasteiger partial charge in [-0.2, -0.15) is 0 Å². The Labute approximate surface area is 125 Å². The van der Waals surface area contributed by atoms with Crippen LogP contribution in [0.2, 0.25) is 0 Å². The molecule has 21 heavy (non-hydrogen) atoms. The maximum absolute atomic E-state index is 12.2. The summed E-state index contributed by atoms with van der Waals surface area (Å²) in [6, 6.07) is -0.559. The summed E-state index contributed by atoms with van der Waals surface area (Å²) in [6.07, 6.45) is -2.13. The fraction of sp³-hybridized carbons (Fsp3) is 1.00. The number of rotatable bonds is 6. The van der Waals surface area contributed by atoms with Crippen LogP contribution < -0.4 is 0 Å². The van der Waals surface area contributed by atoms with Crippen molar-refractivity contribution < 1.29 is 37.5 Å². The lowest BCUT2D eigenvalue weighted by Crippen LogP contribution is -2.36. The van der Waals surface area contributed by atoms with E-state index in [4.69, 9.17) is 28.0 Å². The first-order valence-electron chi connectivity index (χ1n) is 6.86. The van der Waals surface area contributed by atoms with Crippen LogP contribution in [0.25, 0.3) is 0 Å². The number of hydrogen-bond donors (Lipinski definition) is 1. The summed E-state index contributed by atoms with van der Waals surface area (Å²) in [5.41, 5.74) is 0. The number of phosphoric ester groups is 1. The van der Waals surface area contributed by atoms with Gasteiger partial charge in [-0.3, -0.25) is 9.05 Å². The first-order chi connectivity index (χ1) is 9.88. The average molecular weight is 322 g/mol. The summed E-state index contributed by atoms with van der Waals surface area (Å²) >= 11 is 0. The van der Waals surface area contributed by atoms with Gasteiger partial charge in [0.1, 0.15) is 40.1 Å². The van der Waals surface area contributed by atoms with E-state index in [1.54, 1.807) is 7.85 Å². The van der Waals surface area contributed by atoms with E-state index in [0.29, 0.717) is 6.61 Å². The molecule has 0 radical (unpaired) electrons. The van der Waals surface area contributed by atoms with E-state index < -0.39 is 32.2 Å². The van der Waals surface area contributed by atoms with Gasteiger partial charge in [0.05, 0.1) is 25.2 Å². The van der Waals surface area contributed by atoms with Gasteiger partial charge < -0.3 is 23.8 Å². The number of phosphoric acid groups is 1. The van der Waals surface area contributed by atoms with Gasteiger partial charge in [-0.05, 0) is 0 Å². The summed E-state index contributed by atoms with van der Waals surface area (Å²) in [4.78, 5) is 9.95. The molecule has 2 fully saturated rings. The molecule has 2 rings (SSSR count). The Morgan fingerprint density at radius 1 is 1.00 bits per heavy atom. The Balaban J connectivity index is 1.97. The molecule has 11 heteroatoms. The molecular weight excluding hydrogens is 301 g/mol. The van der Waals surface area contributed by atoms with E-state index in [0.717, 1.165) is 0 Å². The van der Waals surface area contributed by atoms with Crippen LogP contribution in [0.5, 0.6) is 0 Å². The van der Waals surface area contributed by atoms with Crippen molar-refractivity contribution in [2.75, 3.05) is 27.4 Å². The predicted octanol–water partition coefficient (Wildman–Crippen LogP) is -2.13. The van der Waals surface area contributed by atoms with Crippen molar-refractivity contribution in [3.8, 4) is 0 Å². The van der Waals surface area contributed by atoms with E-state index in [2.05, 4.69) is 0 Å². The normalized spacial score (nSPS) is 43.0. The Hall–Kier alpha value is 0.0799. The topological polar surface area (TPSA) is 92.7 Å². The van der Waals surface area contributed by atoms with Gasteiger partial charge in [0, 0.05) is 14.2 Å².